The van der Waals surface area contributed by atoms with E-state index in [1.807, 2.05) is 30.5 Å². The van der Waals surface area contributed by atoms with Crippen LogP contribution in [0, 0.1) is 6.92 Å². The molecule has 1 aromatic carbocycles. The van der Waals surface area contributed by atoms with Crippen LogP contribution in [0.1, 0.15) is 35.4 Å². The Morgan fingerprint density at radius 2 is 1.82 bits per heavy atom. The summed E-state index contributed by atoms with van der Waals surface area (Å²) >= 11 is 1.67. The quantitative estimate of drug-likeness (QED) is 0.871. The number of hydrogen-bond acceptors (Lipinski definition) is 2. The average molecular weight is 246 g/mol. The third-order valence-electron chi connectivity index (χ3n) is 3.31. The standard InChI is InChI=1S/C15H18OS/c1-4-12-5-7-13(8-6-12)15(3,16)14-9-10-17-11(14)2/h5-10,16H,4H2,1-3H3. The molecule has 2 aromatic rings. The molecule has 90 valence electrons. The zero-order valence-corrected chi connectivity index (χ0v) is 11.3. The molecule has 0 radical (unpaired) electrons. The highest BCUT2D eigenvalue weighted by Gasteiger charge is 2.27. The average Bonchev–Trinajstić information content (AvgIpc) is 2.76. The number of aliphatic hydroxyl groups is 1. The van der Waals surface area contributed by atoms with Gasteiger partial charge >= 0.3 is 0 Å². The molecule has 1 atom stereocenters. The maximum atomic E-state index is 10.7. The van der Waals surface area contributed by atoms with Gasteiger partial charge < -0.3 is 5.11 Å². The highest BCUT2D eigenvalue weighted by atomic mass is 32.1. The largest absolute Gasteiger partial charge is 0.381 e. The maximum Gasteiger partial charge on any atom is 0.113 e. The molecule has 0 saturated heterocycles. The van der Waals surface area contributed by atoms with Crippen LogP contribution in [0.2, 0.25) is 0 Å². The highest BCUT2D eigenvalue weighted by Crippen LogP contribution is 2.33. The Balaban J connectivity index is 2.40. The van der Waals surface area contributed by atoms with E-state index in [4.69, 9.17) is 0 Å². The van der Waals surface area contributed by atoms with Gasteiger partial charge in [0.1, 0.15) is 5.60 Å². The third-order valence-corrected chi connectivity index (χ3v) is 4.15. The Kier molecular flexibility index (Phi) is 3.36. The predicted octanol–water partition coefficient (Wildman–Crippen LogP) is 3.87. The molecule has 1 aromatic heterocycles. The molecule has 1 heterocycles. The molecule has 0 fully saturated rings. The van der Waals surface area contributed by atoms with E-state index in [0.29, 0.717) is 0 Å². The predicted molar refractivity (Wildman–Crippen MR) is 73.5 cm³/mol. The van der Waals surface area contributed by atoms with Gasteiger partial charge in [-0.25, -0.2) is 0 Å². The van der Waals surface area contributed by atoms with Crippen molar-refractivity contribution in [2.45, 2.75) is 32.8 Å². The zero-order valence-electron chi connectivity index (χ0n) is 10.5. The number of thiophene rings is 1. The summed E-state index contributed by atoms with van der Waals surface area (Å²) in [6.07, 6.45) is 1.03. The molecular weight excluding hydrogens is 228 g/mol. The molecule has 17 heavy (non-hydrogen) atoms. The first-order valence-electron chi connectivity index (χ1n) is 5.92. The van der Waals surface area contributed by atoms with Crippen molar-refractivity contribution in [2.75, 3.05) is 0 Å². The van der Waals surface area contributed by atoms with Crippen molar-refractivity contribution < 1.29 is 5.11 Å². The molecule has 1 N–H and O–H groups in total. The summed E-state index contributed by atoms with van der Waals surface area (Å²) in [5, 5.41) is 12.7. The molecule has 0 aliphatic rings. The molecule has 1 nitrogen and oxygen atoms in total. The minimum Gasteiger partial charge on any atom is -0.381 e. The Labute approximate surface area is 107 Å². The molecule has 2 heteroatoms. The first-order chi connectivity index (χ1) is 8.05. The van der Waals surface area contributed by atoms with E-state index in [9.17, 15) is 5.11 Å². The maximum absolute atomic E-state index is 10.7. The van der Waals surface area contributed by atoms with Gasteiger partial charge in [0, 0.05) is 10.4 Å². The van der Waals surface area contributed by atoms with E-state index >= 15 is 0 Å². The molecule has 0 saturated carbocycles. The van der Waals surface area contributed by atoms with Gasteiger partial charge in [-0.15, -0.1) is 11.3 Å². The third kappa shape index (κ3) is 2.28. The van der Waals surface area contributed by atoms with Crippen molar-refractivity contribution in [1.82, 2.24) is 0 Å². The second-order valence-electron chi connectivity index (χ2n) is 4.51. The summed E-state index contributed by atoms with van der Waals surface area (Å²) in [5.41, 5.74) is 2.37. The van der Waals surface area contributed by atoms with Crippen molar-refractivity contribution in [1.29, 1.82) is 0 Å². The lowest BCUT2D eigenvalue weighted by Crippen LogP contribution is -2.22. The van der Waals surface area contributed by atoms with Crippen LogP contribution in [0.3, 0.4) is 0 Å². The first-order valence-corrected chi connectivity index (χ1v) is 6.80. The van der Waals surface area contributed by atoms with Crippen LogP contribution in [0.25, 0.3) is 0 Å². The van der Waals surface area contributed by atoms with Crippen molar-refractivity contribution in [3.05, 3.63) is 57.3 Å². The van der Waals surface area contributed by atoms with Crippen LogP contribution >= 0.6 is 11.3 Å². The lowest BCUT2D eigenvalue weighted by atomic mass is 9.88. The van der Waals surface area contributed by atoms with E-state index in [1.165, 1.54) is 10.4 Å². The fraction of sp³-hybridized carbons (Fsp3) is 0.333. The lowest BCUT2D eigenvalue weighted by molar-refractivity contribution is 0.102. The van der Waals surface area contributed by atoms with Crippen LogP contribution in [0.4, 0.5) is 0 Å². The topological polar surface area (TPSA) is 20.2 Å². The summed E-state index contributed by atoms with van der Waals surface area (Å²) in [6.45, 7) is 6.05. The minimum atomic E-state index is -0.893. The van der Waals surface area contributed by atoms with Gasteiger partial charge in [-0.3, -0.25) is 0 Å². The van der Waals surface area contributed by atoms with E-state index in [2.05, 4.69) is 26.0 Å². The van der Waals surface area contributed by atoms with Crippen molar-refractivity contribution in [3.63, 3.8) is 0 Å². The Morgan fingerprint density at radius 1 is 1.18 bits per heavy atom. The Bertz CT molecular complexity index is 494. The summed E-state index contributed by atoms with van der Waals surface area (Å²) in [4.78, 5) is 1.18. The molecule has 0 spiro atoms. The number of rotatable bonds is 3. The van der Waals surface area contributed by atoms with Gasteiger partial charge in [-0.05, 0) is 42.8 Å². The van der Waals surface area contributed by atoms with Crippen molar-refractivity contribution in [2.24, 2.45) is 0 Å². The van der Waals surface area contributed by atoms with Crippen LogP contribution in [0.5, 0.6) is 0 Å². The van der Waals surface area contributed by atoms with Gasteiger partial charge in [0.25, 0.3) is 0 Å². The number of aryl methyl sites for hydroxylation is 2. The highest BCUT2D eigenvalue weighted by molar-refractivity contribution is 7.10. The van der Waals surface area contributed by atoms with E-state index in [1.54, 1.807) is 11.3 Å². The Morgan fingerprint density at radius 3 is 2.29 bits per heavy atom. The molecule has 2 rings (SSSR count). The monoisotopic (exact) mass is 246 g/mol. The second-order valence-corrected chi connectivity index (χ2v) is 5.63. The molecule has 0 aliphatic carbocycles. The lowest BCUT2D eigenvalue weighted by Gasteiger charge is -2.24. The summed E-state index contributed by atoms with van der Waals surface area (Å²) in [7, 11) is 0. The molecule has 0 bridgehead atoms. The Hall–Kier alpha value is -1.12. The fourth-order valence-corrected chi connectivity index (χ4v) is 2.91. The molecule has 1 unspecified atom stereocenters. The van der Waals surface area contributed by atoms with Gasteiger partial charge in [0.15, 0.2) is 0 Å². The van der Waals surface area contributed by atoms with Crippen LogP contribution in [-0.2, 0) is 12.0 Å². The van der Waals surface area contributed by atoms with Crippen LogP contribution < -0.4 is 0 Å². The molecule has 0 aliphatic heterocycles. The zero-order chi connectivity index (χ0) is 12.5. The second kappa shape index (κ2) is 4.63. The smallest absolute Gasteiger partial charge is 0.113 e. The van der Waals surface area contributed by atoms with E-state index in [-0.39, 0.29) is 0 Å². The minimum absolute atomic E-state index is 0.893. The normalized spacial score (nSPS) is 14.6. The summed E-state index contributed by atoms with van der Waals surface area (Å²) in [5.74, 6) is 0. The number of benzene rings is 1. The first kappa shape index (κ1) is 12.3. The number of hydrogen-bond donors (Lipinski definition) is 1. The SMILES string of the molecule is CCc1ccc(C(C)(O)c2ccsc2C)cc1. The summed E-state index contributed by atoms with van der Waals surface area (Å²) in [6, 6.07) is 10.2. The molecule has 0 amide bonds. The van der Waals surface area contributed by atoms with Crippen LogP contribution in [-0.4, -0.2) is 5.11 Å². The van der Waals surface area contributed by atoms with Gasteiger partial charge in [0.2, 0.25) is 0 Å². The van der Waals surface area contributed by atoms with Crippen molar-refractivity contribution >= 4 is 11.3 Å². The van der Waals surface area contributed by atoms with E-state index < -0.39 is 5.60 Å². The van der Waals surface area contributed by atoms with Gasteiger partial charge in [0.05, 0.1) is 0 Å². The van der Waals surface area contributed by atoms with Crippen molar-refractivity contribution in [3.8, 4) is 0 Å². The molecular formula is C15H18OS. The van der Waals surface area contributed by atoms with Gasteiger partial charge in [-0.2, -0.15) is 0 Å². The fourth-order valence-electron chi connectivity index (χ4n) is 2.11. The van der Waals surface area contributed by atoms with Gasteiger partial charge in [-0.1, -0.05) is 31.2 Å². The van der Waals surface area contributed by atoms with E-state index in [0.717, 1.165) is 17.5 Å². The summed E-state index contributed by atoms with van der Waals surface area (Å²) < 4.78 is 0. The van der Waals surface area contributed by atoms with Crippen LogP contribution in [0.15, 0.2) is 35.7 Å².